The lowest BCUT2D eigenvalue weighted by atomic mass is 10.1. The molecule has 150 valence electrons. The Hall–Kier alpha value is -2.96. The molecule has 5 rings (SSSR count). The number of rotatable bonds is 3. The van der Waals surface area contributed by atoms with Gasteiger partial charge in [0.1, 0.15) is 11.5 Å². The zero-order chi connectivity index (χ0) is 20.0. The largest absolute Gasteiger partial charge is 0.368 e. The number of nitrogen functional groups attached to an aromatic ring is 1. The van der Waals surface area contributed by atoms with Gasteiger partial charge in [0.05, 0.1) is 5.69 Å². The van der Waals surface area contributed by atoms with Crippen molar-refractivity contribution in [3.05, 3.63) is 40.4 Å². The van der Waals surface area contributed by atoms with Crippen LogP contribution in [0.15, 0.2) is 29.2 Å². The minimum Gasteiger partial charge on any atom is -0.368 e. The van der Waals surface area contributed by atoms with Crippen molar-refractivity contribution < 1.29 is 0 Å². The van der Waals surface area contributed by atoms with Gasteiger partial charge >= 0.3 is 0 Å². The van der Waals surface area contributed by atoms with Crippen molar-refractivity contribution in [2.24, 2.45) is 0 Å². The first-order valence-corrected chi connectivity index (χ1v) is 10.5. The molecule has 7 nitrogen and oxygen atoms in total. The lowest BCUT2D eigenvalue weighted by Gasteiger charge is -2.19. The van der Waals surface area contributed by atoms with E-state index >= 15 is 0 Å². The van der Waals surface area contributed by atoms with E-state index in [1.165, 1.54) is 12.8 Å². The highest BCUT2D eigenvalue weighted by molar-refractivity contribution is 5.84. The Bertz CT molecular complexity index is 1110. The molecule has 0 amide bonds. The Morgan fingerprint density at radius 2 is 1.83 bits per heavy atom. The first-order valence-electron chi connectivity index (χ1n) is 10.5. The van der Waals surface area contributed by atoms with Crippen molar-refractivity contribution in [1.29, 1.82) is 0 Å². The first-order chi connectivity index (χ1) is 14.1. The van der Waals surface area contributed by atoms with Crippen molar-refractivity contribution in [3.8, 4) is 11.1 Å². The lowest BCUT2D eigenvalue weighted by Crippen LogP contribution is -2.26. The van der Waals surface area contributed by atoms with Gasteiger partial charge in [-0.15, -0.1) is 0 Å². The van der Waals surface area contributed by atoms with Gasteiger partial charge in [-0.05, 0) is 50.8 Å². The number of anilines is 2. The summed E-state index contributed by atoms with van der Waals surface area (Å²) in [4.78, 5) is 29.3. The topological polar surface area (TPSA) is 89.9 Å². The van der Waals surface area contributed by atoms with E-state index in [9.17, 15) is 4.79 Å². The predicted octanol–water partition coefficient (Wildman–Crippen LogP) is 3.46. The third kappa shape index (κ3) is 3.14. The third-order valence-electron chi connectivity index (χ3n) is 6.28. The minimum atomic E-state index is -0.0161. The number of hydrogen-bond donors (Lipinski definition) is 1. The van der Waals surface area contributed by atoms with E-state index in [1.54, 1.807) is 0 Å². The quantitative estimate of drug-likeness (QED) is 0.737. The molecule has 2 fully saturated rings. The maximum atomic E-state index is 13.6. The van der Waals surface area contributed by atoms with Gasteiger partial charge in [-0.2, -0.15) is 4.98 Å². The number of aromatic nitrogens is 4. The molecule has 1 aliphatic carbocycles. The molecule has 7 heteroatoms. The summed E-state index contributed by atoms with van der Waals surface area (Å²) >= 11 is 0. The standard InChI is InChI=1S/C22H26N6O/c1-14-17-12-18(15-8-9-19(24-13-15)27-10-4-5-11-27)21(29)28(16-6-2-3-7-16)20(17)26-22(23)25-14/h8-9,12-13,16H,2-7,10-11H2,1H3,(H2,23,25,26). The summed E-state index contributed by atoms with van der Waals surface area (Å²) in [6.45, 7) is 4.02. The van der Waals surface area contributed by atoms with Gasteiger partial charge in [-0.3, -0.25) is 9.36 Å². The Kier molecular flexibility index (Phi) is 4.45. The second-order valence-corrected chi connectivity index (χ2v) is 8.18. The summed E-state index contributed by atoms with van der Waals surface area (Å²) in [7, 11) is 0. The Morgan fingerprint density at radius 3 is 2.52 bits per heavy atom. The number of fused-ring (bicyclic) bond motifs is 1. The smallest absolute Gasteiger partial charge is 0.260 e. The van der Waals surface area contributed by atoms with Gasteiger partial charge in [0.25, 0.3) is 5.56 Å². The maximum absolute atomic E-state index is 13.6. The molecule has 3 aromatic heterocycles. The monoisotopic (exact) mass is 390 g/mol. The van der Waals surface area contributed by atoms with Crippen LogP contribution < -0.4 is 16.2 Å². The van der Waals surface area contributed by atoms with Crippen LogP contribution in [0.3, 0.4) is 0 Å². The molecule has 0 aromatic carbocycles. The number of nitrogens with zero attached hydrogens (tertiary/aromatic N) is 5. The highest BCUT2D eigenvalue weighted by Gasteiger charge is 2.24. The molecule has 2 aliphatic rings. The number of aryl methyl sites for hydroxylation is 1. The molecule has 4 heterocycles. The lowest BCUT2D eigenvalue weighted by molar-refractivity contribution is 0.516. The SMILES string of the molecule is Cc1nc(N)nc2c1cc(-c1ccc(N3CCCC3)nc1)c(=O)n2C1CCCC1. The van der Waals surface area contributed by atoms with Gasteiger partial charge in [-0.25, -0.2) is 9.97 Å². The molecule has 1 aliphatic heterocycles. The van der Waals surface area contributed by atoms with Crippen molar-refractivity contribution >= 4 is 22.8 Å². The highest BCUT2D eigenvalue weighted by Crippen LogP contribution is 2.32. The summed E-state index contributed by atoms with van der Waals surface area (Å²) in [5, 5.41) is 0.879. The summed E-state index contributed by atoms with van der Waals surface area (Å²) in [5.41, 5.74) is 8.83. The van der Waals surface area contributed by atoms with E-state index in [4.69, 9.17) is 5.73 Å². The van der Waals surface area contributed by atoms with E-state index in [-0.39, 0.29) is 17.5 Å². The minimum absolute atomic E-state index is 0.0161. The van der Waals surface area contributed by atoms with E-state index in [0.29, 0.717) is 11.2 Å². The van der Waals surface area contributed by atoms with Gasteiger partial charge in [0, 0.05) is 41.8 Å². The Balaban J connectivity index is 1.67. The van der Waals surface area contributed by atoms with Gasteiger partial charge < -0.3 is 10.6 Å². The fraction of sp³-hybridized carbons (Fsp3) is 0.455. The zero-order valence-electron chi connectivity index (χ0n) is 16.8. The predicted molar refractivity (Wildman–Crippen MR) is 115 cm³/mol. The summed E-state index contributed by atoms with van der Waals surface area (Å²) in [6, 6.07) is 6.10. The summed E-state index contributed by atoms with van der Waals surface area (Å²) in [5.74, 6) is 1.20. The Morgan fingerprint density at radius 1 is 1.07 bits per heavy atom. The van der Waals surface area contributed by atoms with Gasteiger partial charge in [0.15, 0.2) is 0 Å². The fourth-order valence-electron chi connectivity index (χ4n) is 4.76. The maximum Gasteiger partial charge on any atom is 0.260 e. The van der Waals surface area contributed by atoms with E-state index in [0.717, 1.165) is 61.2 Å². The molecule has 0 bridgehead atoms. The molecule has 2 N–H and O–H groups in total. The van der Waals surface area contributed by atoms with E-state index < -0.39 is 0 Å². The fourth-order valence-corrected chi connectivity index (χ4v) is 4.76. The second kappa shape index (κ2) is 7.13. The van der Waals surface area contributed by atoms with Gasteiger partial charge in [0.2, 0.25) is 5.95 Å². The number of hydrogen-bond acceptors (Lipinski definition) is 6. The highest BCUT2D eigenvalue weighted by atomic mass is 16.1. The molecule has 0 atom stereocenters. The van der Waals surface area contributed by atoms with Crippen LogP contribution in [0.5, 0.6) is 0 Å². The molecule has 0 spiro atoms. The van der Waals surface area contributed by atoms with Crippen LogP contribution in [-0.4, -0.2) is 32.6 Å². The van der Waals surface area contributed by atoms with Gasteiger partial charge in [-0.1, -0.05) is 12.8 Å². The molecule has 1 saturated carbocycles. The van der Waals surface area contributed by atoms with Crippen molar-refractivity contribution in [2.45, 2.75) is 51.5 Å². The van der Waals surface area contributed by atoms with Crippen molar-refractivity contribution in [3.63, 3.8) is 0 Å². The van der Waals surface area contributed by atoms with Crippen LogP contribution >= 0.6 is 0 Å². The molecule has 1 saturated heterocycles. The normalized spacial score (nSPS) is 17.5. The molecular weight excluding hydrogens is 364 g/mol. The van der Waals surface area contributed by atoms with Crippen LogP contribution in [0.1, 0.15) is 50.3 Å². The molecule has 0 unspecified atom stereocenters. The average molecular weight is 390 g/mol. The van der Waals surface area contributed by atoms with Crippen LogP contribution in [0, 0.1) is 6.92 Å². The van der Waals surface area contributed by atoms with Crippen LogP contribution in [-0.2, 0) is 0 Å². The third-order valence-corrected chi connectivity index (χ3v) is 6.28. The first kappa shape index (κ1) is 18.1. The summed E-state index contributed by atoms with van der Waals surface area (Å²) in [6.07, 6.45) is 8.50. The van der Waals surface area contributed by atoms with Crippen LogP contribution in [0.2, 0.25) is 0 Å². The van der Waals surface area contributed by atoms with E-state index in [2.05, 4.69) is 19.9 Å². The molecular formula is C22H26N6O. The number of nitrogens with two attached hydrogens (primary N) is 1. The molecule has 29 heavy (non-hydrogen) atoms. The Labute approximate surface area is 169 Å². The van der Waals surface area contributed by atoms with Crippen molar-refractivity contribution in [1.82, 2.24) is 19.5 Å². The average Bonchev–Trinajstić information content (AvgIpc) is 3.42. The van der Waals surface area contributed by atoms with Crippen LogP contribution in [0.4, 0.5) is 11.8 Å². The zero-order valence-corrected chi connectivity index (χ0v) is 16.8. The molecule has 3 aromatic rings. The number of pyridine rings is 2. The van der Waals surface area contributed by atoms with Crippen LogP contribution in [0.25, 0.3) is 22.2 Å². The second-order valence-electron chi connectivity index (χ2n) is 8.18. The molecule has 0 radical (unpaired) electrons. The van der Waals surface area contributed by atoms with E-state index in [1.807, 2.05) is 35.9 Å². The summed E-state index contributed by atoms with van der Waals surface area (Å²) < 4.78 is 1.86. The van der Waals surface area contributed by atoms with Crippen molar-refractivity contribution in [2.75, 3.05) is 23.7 Å².